The monoisotopic (exact) mass is 396 g/mol. The Morgan fingerprint density at radius 2 is 1.97 bits per heavy atom. The van der Waals surface area contributed by atoms with Crippen LogP contribution in [0.3, 0.4) is 0 Å². The number of allylic oxidation sites excluding steroid dienone is 1. The molecule has 0 radical (unpaired) electrons. The van der Waals surface area contributed by atoms with Crippen LogP contribution in [0, 0.1) is 17.2 Å². The second-order valence-corrected chi connectivity index (χ2v) is 6.66. The van der Waals surface area contributed by atoms with Crippen molar-refractivity contribution in [1.29, 1.82) is 5.26 Å². The maximum atomic E-state index is 12.7. The van der Waals surface area contributed by atoms with Crippen LogP contribution >= 0.6 is 0 Å². The third-order valence-electron chi connectivity index (χ3n) is 4.45. The fraction of sp³-hybridized carbons (Fsp3) is 0.381. The first kappa shape index (κ1) is 21.8. The Kier molecular flexibility index (Phi) is 7.66. The number of carbonyl (C=O) groups is 2. The summed E-state index contributed by atoms with van der Waals surface area (Å²) >= 11 is 0. The van der Waals surface area contributed by atoms with Crippen molar-refractivity contribution in [1.82, 2.24) is 9.78 Å². The molecule has 0 spiro atoms. The molecule has 0 saturated heterocycles. The number of Topliss-reactive ketones (excluding diaryl/α,β-unsaturated/α-hetero) is 1. The molecule has 8 nitrogen and oxygen atoms in total. The lowest BCUT2D eigenvalue weighted by molar-refractivity contribution is -0.123. The summed E-state index contributed by atoms with van der Waals surface area (Å²) in [4.78, 5) is 37.3. The Hall–Kier alpha value is -3.47. The Labute approximate surface area is 168 Å². The number of nitrogens with zero attached hydrogens (tertiary/aromatic N) is 3. The molecule has 152 valence electrons. The molecule has 0 unspecified atom stereocenters. The second kappa shape index (κ2) is 10.2. The zero-order chi connectivity index (χ0) is 21.4. The summed E-state index contributed by atoms with van der Waals surface area (Å²) in [5, 5.41) is 13.9. The molecule has 1 atom stereocenters. The third kappa shape index (κ3) is 5.29. The van der Waals surface area contributed by atoms with E-state index in [2.05, 4.69) is 18.6 Å². The highest BCUT2D eigenvalue weighted by Gasteiger charge is 2.23. The van der Waals surface area contributed by atoms with Crippen LogP contribution in [-0.4, -0.2) is 28.1 Å². The van der Waals surface area contributed by atoms with Gasteiger partial charge in [-0.3, -0.25) is 9.59 Å². The first-order valence-corrected chi connectivity index (χ1v) is 9.44. The third-order valence-corrected chi connectivity index (χ3v) is 4.45. The van der Waals surface area contributed by atoms with E-state index in [-0.39, 0.29) is 17.0 Å². The molecule has 2 N–H and O–H groups in total. The molecule has 29 heavy (non-hydrogen) atoms. The summed E-state index contributed by atoms with van der Waals surface area (Å²) in [7, 11) is 0. The highest BCUT2D eigenvalue weighted by atomic mass is 16.5. The molecule has 0 aliphatic rings. The molecule has 1 heterocycles. The number of unbranched alkanes of at least 4 members (excludes halogenated alkanes) is 3. The number of carbonyl (C=O) groups excluding carboxylic acids is 2. The van der Waals surface area contributed by atoms with Gasteiger partial charge in [-0.15, -0.1) is 0 Å². The van der Waals surface area contributed by atoms with Crippen LogP contribution in [-0.2, 0) is 16.1 Å². The smallest absolute Gasteiger partial charge is 0.359 e. The van der Waals surface area contributed by atoms with E-state index >= 15 is 0 Å². The molecule has 0 bridgehead atoms. The van der Waals surface area contributed by atoms with Crippen molar-refractivity contribution in [2.24, 2.45) is 11.7 Å². The molecule has 2 aromatic rings. The number of ketones is 1. The summed E-state index contributed by atoms with van der Waals surface area (Å²) in [5.74, 6) is -2.78. The summed E-state index contributed by atoms with van der Waals surface area (Å²) in [6, 6.07) is 8.32. The van der Waals surface area contributed by atoms with Gasteiger partial charge < -0.3 is 10.5 Å². The van der Waals surface area contributed by atoms with E-state index in [1.54, 1.807) is 30.3 Å². The zero-order valence-corrected chi connectivity index (χ0v) is 16.4. The molecule has 0 aliphatic carbocycles. The van der Waals surface area contributed by atoms with Gasteiger partial charge >= 0.3 is 5.97 Å². The standard InChI is InChI=1S/C21H24N4O4/c1-3-4-5-8-11-25-20(27)16-10-7-6-9-15(16)19(24-25)21(28)29-13-18(26)17(12-22)14(2)23/h6-7,9-10,17H,2-5,8,11,13,23H2,1H3/t17-/m0/s1. The second-order valence-electron chi connectivity index (χ2n) is 6.66. The summed E-state index contributed by atoms with van der Waals surface area (Å²) in [5.41, 5.74) is 4.97. The van der Waals surface area contributed by atoms with Crippen LogP contribution in [0.2, 0.25) is 0 Å². The summed E-state index contributed by atoms with van der Waals surface area (Å²) in [6.45, 7) is 5.21. The predicted molar refractivity (Wildman–Crippen MR) is 108 cm³/mol. The number of aromatic nitrogens is 2. The van der Waals surface area contributed by atoms with Gasteiger partial charge in [-0.2, -0.15) is 10.4 Å². The molecule has 1 aromatic carbocycles. The lowest BCUT2D eigenvalue weighted by atomic mass is 10.0. The summed E-state index contributed by atoms with van der Waals surface area (Å²) < 4.78 is 6.31. The number of esters is 1. The number of nitriles is 1. The van der Waals surface area contributed by atoms with E-state index < -0.39 is 24.3 Å². The Morgan fingerprint density at radius 1 is 1.28 bits per heavy atom. The molecule has 2 rings (SSSR count). The Balaban J connectivity index is 2.28. The van der Waals surface area contributed by atoms with Gasteiger partial charge in [0.25, 0.3) is 5.56 Å². The van der Waals surface area contributed by atoms with Crippen LogP contribution in [0.1, 0.15) is 43.1 Å². The average Bonchev–Trinajstić information content (AvgIpc) is 2.71. The number of nitrogens with two attached hydrogens (primary N) is 1. The van der Waals surface area contributed by atoms with Crippen LogP contribution in [0.5, 0.6) is 0 Å². The lowest BCUT2D eigenvalue weighted by Crippen LogP contribution is -2.28. The van der Waals surface area contributed by atoms with Crippen molar-refractivity contribution in [2.45, 2.75) is 39.2 Å². The molecule has 1 aromatic heterocycles. The van der Waals surface area contributed by atoms with Gasteiger partial charge in [0, 0.05) is 17.6 Å². The highest BCUT2D eigenvalue weighted by Crippen LogP contribution is 2.15. The zero-order valence-electron chi connectivity index (χ0n) is 16.4. The first-order chi connectivity index (χ1) is 13.9. The van der Waals surface area contributed by atoms with Crippen molar-refractivity contribution in [3.05, 3.63) is 52.6 Å². The molecular formula is C21H24N4O4. The number of ether oxygens (including phenoxy) is 1. The molecular weight excluding hydrogens is 372 g/mol. The quantitative estimate of drug-likeness (QED) is 0.482. The van der Waals surface area contributed by atoms with Gasteiger partial charge in [-0.05, 0) is 12.5 Å². The maximum absolute atomic E-state index is 12.7. The highest BCUT2D eigenvalue weighted by molar-refractivity contribution is 6.02. The van der Waals surface area contributed by atoms with Crippen LogP contribution in [0.4, 0.5) is 0 Å². The van der Waals surface area contributed by atoms with Crippen LogP contribution in [0.25, 0.3) is 10.8 Å². The van der Waals surface area contributed by atoms with Crippen molar-refractivity contribution in [2.75, 3.05) is 6.61 Å². The first-order valence-electron chi connectivity index (χ1n) is 9.44. The van der Waals surface area contributed by atoms with E-state index in [0.717, 1.165) is 25.7 Å². The van der Waals surface area contributed by atoms with Gasteiger partial charge in [-0.25, -0.2) is 9.48 Å². The SMILES string of the molecule is C=C(N)[C@H](C#N)C(=O)COC(=O)c1nn(CCCCCC)c(=O)c2ccccc12. The minimum Gasteiger partial charge on any atom is -0.453 e. The number of benzene rings is 1. The molecule has 0 fully saturated rings. The number of fused-ring (bicyclic) bond motifs is 1. The number of rotatable bonds is 10. The summed E-state index contributed by atoms with van der Waals surface area (Å²) in [6.07, 6.45) is 3.81. The molecule has 0 aliphatic heterocycles. The van der Waals surface area contributed by atoms with Crippen molar-refractivity contribution < 1.29 is 14.3 Å². The van der Waals surface area contributed by atoms with Crippen molar-refractivity contribution in [3.63, 3.8) is 0 Å². The van der Waals surface area contributed by atoms with E-state index in [9.17, 15) is 14.4 Å². The van der Waals surface area contributed by atoms with E-state index in [1.165, 1.54) is 4.68 Å². The maximum Gasteiger partial charge on any atom is 0.359 e. The van der Waals surface area contributed by atoms with Gasteiger partial charge in [0.05, 0.1) is 11.5 Å². The topological polar surface area (TPSA) is 128 Å². The van der Waals surface area contributed by atoms with Gasteiger partial charge in [0.1, 0.15) is 5.92 Å². The minimum absolute atomic E-state index is 0.0522. The minimum atomic E-state index is -1.25. The predicted octanol–water partition coefficient (Wildman–Crippen LogP) is 2.31. The van der Waals surface area contributed by atoms with Crippen molar-refractivity contribution in [3.8, 4) is 6.07 Å². The van der Waals surface area contributed by atoms with Crippen molar-refractivity contribution >= 4 is 22.5 Å². The number of hydrogen-bond acceptors (Lipinski definition) is 7. The number of aryl methyl sites for hydroxylation is 1. The van der Waals surface area contributed by atoms with Gasteiger partial charge in [0.15, 0.2) is 18.1 Å². The van der Waals surface area contributed by atoms with E-state index in [0.29, 0.717) is 17.3 Å². The lowest BCUT2D eigenvalue weighted by Gasteiger charge is -2.11. The Bertz CT molecular complexity index is 1020. The fourth-order valence-corrected chi connectivity index (χ4v) is 2.88. The van der Waals surface area contributed by atoms with Crippen LogP contribution in [0.15, 0.2) is 41.3 Å². The normalized spacial score (nSPS) is 11.6. The largest absolute Gasteiger partial charge is 0.453 e. The van der Waals surface area contributed by atoms with Gasteiger partial charge in [0.2, 0.25) is 0 Å². The Morgan fingerprint density at radius 3 is 2.59 bits per heavy atom. The number of hydrogen-bond donors (Lipinski definition) is 1. The molecule has 0 saturated carbocycles. The molecule has 0 amide bonds. The van der Waals surface area contributed by atoms with E-state index in [1.807, 2.05) is 0 Å². The fourth-order valence-electron chi connectivity index (χ4n) is 2.88. The van der Waals surface area contributed by atoms with Gasteiger partial charge in [-0.1, -0.05) is 51.0 Å². The average molecular weight is 396 g/mol. The van der Waals surface area contributed by atoms with Crippen LogP contribution < -0.4 is 11.3 Å². The molecule has 8 heteroatoms. The van der Waals surface area contributed by atoms with E-state index in [4.69, 9.17) is 15.7 Å².